The van der Waals surface area contributed by atoms with Crippen molar-refractivity contribution in [3.8, 4) is 0 Å². The van der Waals surface area contributed by atoms with Gasteiger partial charge in [0.2, 0.25) is 0 Å². The molecule has 0 bridgehead atoms. The van der Waals surface area contributed by atoms with Gasteiger partial charge in [-0.25, -0.2) is 0 Å². The van der Waals surface area contributed by atoms with Crippen LogP contribution in [0.2, 0.25) is 0 Å². The second-order valence-electron chi connectivity index (χ2n) is 3.48. The molecule has 0 spiro atoms. The van der Waals surface area contributed by atoms with E-state index < -0.39 is 10.1 Å². The Morgan fingerprint density at radius 3 is 2.00 bits per heavy atom. The van der Waals surface area contributed by atoms with Crippen LogP contribution in [0.25, 0.3) is 0 Å². The molecule has 0 rings (SSSR count). The third-order valence-corrected chi connectivity index (χ3v) is 2.36. The van der Waals surface area contributed by atoms with Gasteiger partial charge in [-0.1, -0.05) is 20.8 Å². The van der Waals surface area contributed by atoms with Gasteiger partial charge in [-0.15, -0.1) is 0 Å². The molecule has 1 atom stereocenters. The summed E-state index contributed by atoms with van der Waals surface area (Å²) in [5, 5.41) is 0. The van der Waals surface area contributed by atoms with E-state index in [-0.39, 0.29) is 11.7 Å². The molecule has 1 N–H and O–H groups in total. The van der Waals surface area contributed by atoms with Crippen LogP contribution in [0, 0.1) is 11.8 Å². The van der Waals surface area contributed by atoms with E-state index in [0.717, 1.165) is 6.42 Å². The maximum Gasteiger partial charge on any atom is 0.265 e. The molecular formula is C7H16O3S. The van der Waals surface area contributed by atoms with E-state index in [2.05, 4.69) is 0 Å². The molecule has 0 saturated heterocycles. The summed E-state index contributed by atoms with van der Waals surface area (Å²) in [5.41, 5.74) is 0. The zero-order valence-corrected chi connectivity index (χ0v) is 8.06. The fraction of sp³-hybridized carbons (Fsp3) is 1.00. The lowest BCUT2D eigenvalue weighted by Gasteiger charge is -2.10. The third-order valence-electron chi connectivity index (χ3n) is 1.37. The van der Waals surface area contributed by atoms with Gasteiger partial charge >= 0.3 is 0 Å². The molecule has 0 amide bonds. The summed E-state index contributed by atoms with van der Waals surface area (Å²) in [5.74, 6) is 0.405. The van der Waals surface area contributed by atoms with Crippen molar-refractivity contribution < 1.29 is 13.0 Å². The molecule has 0 heterocycles. The van der Waals surface area contributed by atoms with Crippen LogP contribution in [0.3, 0.4) is 0 Å². The molecule has 4 heteroatoms. The van der Waals surface area contributed by atoms with Crippen LogP contribution in [0.5, 0.6) is 0 Å². The molecule has 0 aliphatic rings. The quantitative estimate of drug-likeness (QED) is 0.668. The van der Waals surface area contributed by atoms with E-state index in [1.54, 1.807) is 0 Å². The first-order valence-electron chi connectivity index (χ1n) is 3.76. The summed E-state index contributed by atoms with van der Waals surface area (Å²) in [6, 6.07) is 0. The van der Waals surface area contributed by atoms with E-state index in [4.69, 9.17) is 4.55 Å². The molecule has 0 unspecified atom stereocenters. The Bertz CT molecular complexity index is 194. The van der Waals surface area contributed by atoms with Gasteiger partial charge in [-0.2, -0.15) is 8.42 Å². The molecule has 0 fully saturated rings. The smallest absolute Gasteiger partial charge is 0.265 e. The lowest BCUT2D eigenvalue weighted by atomic mass is 10.0. The van der Waals surface area contributed by atoms with Crippen LogP contribution < -0.4 is 0 Å². The number of hydrogen-bond donors (Lipinski definition) is 1. The monoisotopic (exact) mass is 180 g/mol. The van der Waals surface area contributed by atoms with Crippen molar-refractivity contribution in [1.82, 2.24) is 0 Å². The Balaban J connectivity index is 3.80. The average Bonchev–Trinajstić information content (AvgIpc) is 1.53. The van der Waals surface area contributed by atoms with Gasteiger partial charge in [-0.3, -0.25) is 4.55 Å². The van der Waals surface area contributed by atoms with Crippen molar-refractivity contribution in [1.29, 1.82) is 0 Å². The van der Waals surface area contributed by atoms with Crippen LogP contribution >= 0.6 is 0 Å². The topological polar surface area (TPSA) is 54.4 Å². The Kier molecular flexibility index (Phi) is 4.03. The molecule has 0 aromatic rings. The third kappa shape index (κ3) is 7.81. The molecular weight excluding hydrogens is 164 g/mol. The zero-order chi connectivity index (χ0) is 9.07. The Labute approximate surface area is 68.6 Å². The predicted octanol–water partition coefficient (Wildman–Crippen LogP) is 1.56. The molecule has 0 aliphatic carbocycles. The molecule has 0 aromatic heterocycles. The minimum atomic E-state index is -3.77. The van der Waals surface area contributed by atoms with Gasteiger partial charge in [0.1, 0.15) is 0 Å². The van der Waals surface area contributed by atoms with E-state index in [1.807, 2.05) is 20.8 Å². The Morgan fingerprint density at radius 1 is 1.27 bits per heavy atom. The summed E-state index contributed by atoms with van der Waals surface area (Å²) < 4.78 is 29.2. The zero-order valence-electron chi connectivity index (χ0n) is 7.24. The number of hydrogen-bond acceptors (Lipinski definition) is 2. The first-order chi connectivity index (χ1) is 4.81. The van der Waals surface area contributed by atoms with Gasteiger partial charge in [0.25, 0.3) is 10.1 Å². The van der Waals surface area contributed by atoms with Crippen molar-refractivity contribution in [2.75, 3.05) is 5.75 Å². The summed E-state index contributed by atoms with van der Waals surface area (Å²) >= 11 is 0. The predicted molar refractivity (Wildman–Crippen MR) is 45.0 cm³/mol. The molecule has 3 nitrogen and oxygen atoms in total. The van der Waals surface area contributed by atoms with Crippen LogP contribution in [0.4, 0.5) is 0 Å². The van der Waals surface area contributed by atoms with E-state index in [9.17, 15) is 8.42 Å². The minimum Gasteiger partial charge on any atom is -0.286 e. The Hall–Kier alpha value is -0.0900. The van der Waals surface area contributed by atoms with Gasteiger partial charge in [0.15, 0.2) is 0 Å². The van der Waals surface area contributed by atoms with Gasteiger partial charge < -0.3 is 0 Å². The lowest BCUT2D eigenvalue weighted by Crippen LogP contribution is -2.14. The first-order valence-corrected chi connectivity index (χ1v) is 5.37. The van der Waals surface area contributed by atoms with Gasteiger partial charge in [-0.05, 0) is 18.3 Å². The van der Waals surface area contributed by atoms with Crippen molar-refractivity contribution in [2.45, 2.75) is 27.2 Å². The summed E-state index contributed by atoms with van der Waals surface area (Å²) in [7, 11) is -3.77. The summed E-state index contributed by atoms with van der Waals surface area (Å²) in [4.78, 5) is 0. The average molecular weight is 180 g/mol. The first kappa shape index (κ1) is 10.9. The maximum atomic E-state index is 10.4. The van der Waals surface area contributed by atoms with Crippen molar-refractivity contribution in [2.24, 2.45) is 11.8 Å². The molecule has 0 saturated carbocycles. The Morgan fingerprint density at radius 2 is 1.73 bits per heavy atom. The highest BCUT2D eigenvalue weighted by molar-refractivity contribution is 7.85. The second kappa shape index (κ2) is 4.07. The molecule has 68 valence electrons. The largest absolute Gasteiger partial charge is 0.286 e. The highest BCUT2D eigenvalue weighted by Gasteiger charge is 2.12. The van der Waals surface area contributed by atoms with Crippen molar-refractivity contribution >= 4 is 10.1 Å². The van der Waals surface area contributed by atoms with Gasteiger partial charge in [0.05, 0.1) is 5.75 Å². The number of rotatable bonds is 4. The molecule has 11 heavy (non-hydrogen) atoms. The van der Waals surface area contributed by atoms with Crippen LogP contribution in [-0.2, 0) is 10.1 Å². The summed E-state index contributed by atoms with van der Waals surface area (Å²) in [6.45, 7) is 5.88. The molecule has 0 aliphatic heterocycles. The van der Waals surface area contributed by atoms with Crippen LogP contribution in [0.15, 0.2) is 0 Å². The van der Waals surface area contributed by atoms with E-state index in [1.165, 1.54) is 0 Å². The standard InChI is InChI=1S/C7H16O3S/c1-6(2)4-7(3)5-11(8,9)10/h6-7H,4-5H2,1-3H3,(H,8,9,10)/t7-/m1/s1. The normalized spacial score (nSPS) is 15.4. The fourth-order valence-corrected chi connectivity index (χ4v) is 2.09. The maximum absolute atomic E-state index is 10.4. The molecule has 0 aromatic carbocycles. The lowest BCUT2D eigenvalue weighted by molar-refractivity contribution is 0.435. The van der Waals surface area contributed by atoms with Crippen LogP contribution in [-0.4, -0.2) is 18.7 Å². The summed E-state index contributed by atoms with van der Waals surface area (Å²) in [6.07, 6.45) is 0.833. The highest BCUT2D eigenvalue weighted by Crippen LogP contribution is 2.12. The highest BCUT2D eigenvalue weighted by atomic mass is 32.2. The fourth-order valence-electron chi connectivity index (χ4n) is 1.23. The van der Waals surface area contributed by atoms with E-state index in [0.29, 0.717) is 5.92 Å². The second-order valence-corrected chi connectivity index (χ2v) is 4.98. The van der Waals surface area contributed by atoms with E-state index >= 15 is 0 Å². The minimum absolute atomic E-state index is 0.0463. The van der Waals surface area contributed by atoms with Crippen molar-refractivity contribution in [3.63, 3.8) is 0 Å². The van der Waals surface area contributed by atoms with Crippen molar-refractivity contribution in [3.05, 3.63) is 0 Å². The SMILES string of the molecule is CC(C)C[C@@H](C)CS(=O)(=O)O. The van der Waals surface area contributed by atoms with Gasteiger partial charge in [0, 0.05) is 0 Å². The van der Waals surface area contributed by atoms with Crippen LogP contribution in [0.1, 0.15) is 27.2 Å². The molecule has 0 radical (unpaired) electrons.